The molecule has 112 valence electrons. The van der Waals surface area contributed by atoms with Crippen LogP contribution in [0.2, 0.25) is 5.02 Å². The fraction of sp³-hybridized carbons (Fsp3) is 0.500. The third kappa shape index (κ3) is 3.84. The summed E-state index contributed by atoms with van der Waals surface area (Å²) in [7, 11) is 0. The SMILES string of the molecule is CCOc1ncc(C(=O)N[C@@H](C#N)[C@@H]2CCOC2)cc1Cl. The van der Waals surface area contributed by atoms with Crippen LogP contribution in [0, 0.1) is 17.2 Å². The van der Waals surface area contributed by atoms with E-state index in [2.05, 4.69) is 16.4 Å². The van der Waals surface area contributed by atoms with Crippen molar-refractivity contribution in [2.75, 3.05) is 19.8 Å². The molecule has 2 atom stereocenters. The van der Waals surface area contributed by atoms with Crippen molar-refractivity contribution >= 4 is 17.5 Å². The summed E-state index contributed by atoms with van der Waals surface area (Å²) in [5.41, 5.74) is 0.294. The van der Waals surface area contributed by atoms with Gasteiger partial charge in [0, 0.05) is 18.7 Å². The van der Waals surface area contributed by atoms with Crippen molar-refractivity contribution in [2.45, 2.75) is 19.4 Å². The summed E-state index contributed by atoms with van der Waals surface area (Å²) in [6.07, 6.45) is 2.15. The molecule has 1 fully saturated rings. The number of nitrogens with one attached hydrogen (secondary N) is 1. The number of carbonyl (C=O) groups is 1. The molecular formula is C14H16ClN3O3. The predicted octanol–water partition coefficient (Wildman–Crippen LogP) is 1.79. The van der Waals surface area contributed by atoms with Crippen LogP contribution in [0.15, 0.2) is 12.3 Å². The van der Waals surface area contributed by atoms with Gasteiger partial charge in [-0.05, 0) is 19.4 Å². The van der Waals surface area contributed by atoms with Crippen molar-refractivity contribution in [3.8, 4) is 11.9 Å². The van der Waals surface area contributed by atoms with Gasteiger partial charge in [-0.3, -0.25) is 4.79 Å². The Bertz CT molecular complexity index is 553. The molecule has 1 aliphatic rings. The van der Waals surface area contributed by atoms with Crippen LogP contribution in [0.5, 0.6) is 5.88 Å². The first kappa shape index (κ1) is 15.5. The van der Waals surface area contributed by atoms with Crippen LogP contribution in [0.1, 0.15) is 23.7 Å². The van der Waals surface area contributed by atoms with E-state index in [-0.39, 0.29) is 22.7 Å². The first-order valence-electron chi connectivity index (χ1n) is 6.72. The van der Waals surface area contributed by atoms with Crippen LogP contribution in [-0.4, -0.2) is 36.8 Å². The van der Waals surface area contributed by atoms with E-state index in [1.54, 1.807) is 0 Å². The number of nitrogens with zero attached hydrogens (tertiary/aromatic N) is 2. The molecule has 1 aromatic rings. The molecule has 0 bridgehead atoms. The summed E-state index contributed by atoms with van der Waals surface area (Å²) in [5.74, 6) is -0.0762. The van der Waals surface area contributed by atoms with Gasteiger partial charge in [0.15, 0.2) is 0 Å². The van der Waals surface area contributed by atoms with E-state index < -0.39 is 6.04 Å². The molecule has 7 heteroatoms. The minimum absolute atomic E-state index is 0.0186. The molecule has 21 heavy (non-hydrogen) atoms. The highest BCUT2D eigenvalue weighted by atomic mass is 35.5. The quantitative estimate of drug-likeness (QED) is 0.896. The van der Waals surface area contributed by atoms with Gasteiger partial charge in [-0.25, -0.2) is 4.98 Å². The second-order valence-electron chi connectivity index (χ2n) is 4.65. The molecule has 0 saturated carbocycles. The van der Waals surface area contributed by atoms with Gasteiger partial charge in [0.05, 0.1) is 24.8 Å². The number of pyridine rings is 1. The molecule has 1 aliphatic heterocycles. The van der Waals surface area contributed by atoms with Gasteiger partial charge in [-0.2, -0.15) is 5.26 Å². The number of hydrogen-bond acceptors (Lipinski definition) is 5. The highest BCUT2D eigenvalue weighted by molar-refractivity contribution is 6.32. The van der Waals surface area contributed by atoms with Gasteiger partial charge >= 0.3 is 0 Å². The number of nitriles is 1. The smallest absolute Gasteiger partial charge is 0.253 e. The Kier molecular flexibility index (Phi) is 5.37. The Hall–Kier alpha value is -1.84. The van der Waals surface area contributed by atoms with Gasteiger partial charge in [0.2, 0.25) is 5.88 Å². The maximum absolute atomic E-state index is 12.1. The minimum Gasteiger partial charge on any atom is -0.477 e. The van der Waals surface area contributed by atoms with Crippen molar-refractivity contribution < 1.29 is 14.3 Å². The van der Waals surface area contributed by atoms with E-state index in [4.69, 9.17) is 26.3 Å². The lowest BCUT2D eigenvalue weighted by atomic mass is 10.00. The molecule has 1 saturated heterocycles. The van der Waals surface area contributed by atoms with Gasteiger partial charge < -0.3 is 14.8 Å². The highest BCUT2D eigenvalue weighted by Gasteiger charge is 2.27. The lowest BCUT2D eigenvalue weighted by Gasteiger charge is -2.16. The molecule has 2 rings (SSSR count). The van der Waals surface area contributed by atoms with Crippen molar-refractivity contribution in [2.24, 2.45) is 5.92 Å². The predicted molar refractivity (Wildman–Crippen MR) is 76.2 cm³/mol. The number of ether oxygens (including phenoxy) is 2. The van der Waals surface area contributed by atoms with E-state index in [0.717, 1.165) is 6.42 Å². The van der Waals surface area contributed by atoms with Gasteiger partial charge in [-0.15, -0.1) is 0 Å². The molecular weight excluding hydrogens is 294 g/mol. The van der Waals surface area contributed by atoms with Gasteiger partial charge in [0.25, 0.3) is 5.91 Å². The zero-order valence-electron chi connectivity index (χ0n) is 11.6. The van der Waals surface area contributed by atoms with Gasteiger partial charge in [-0.1, -0.05) is 11.6 Å². The standard InChI is InChI=1S/C14H16ClN3O3/c1-2-21-14-11(15)5-10(7-17-14)13(19)18-12(6-16)9-3-4-20-8-9/h5,7,9,12H,2-4,8H2,1H3,(H,18,19)/t9-,12+/m1/s1. The molecule has 1 amide bonds. The van der Waals surface area contributed by atoms with Crippen molar-refractivity contribution in [1.29, 1.82) is 5.26 Å². The summed E-state index contributed by atoms with van der Waals surface area (Å²) in [6, 6.07) is 3.00. The summed E-state index contributed by atoms with van der Waals surface area (Å²) in [6.45, 7) is 3.37. The average molecular weight is 310 g/mol. The third-order valence-electron chi connectivity index (χ3n) is 3.21. The maximum Gasteiger partial charge on any atom is 0.253 e. The molecule has 6 nitrogen and oxygen atoms in total. The third-order valence-corrected chi connectivity index (χ3v) is 3.48. The first-order chi connectivity index (χ1) is 10.2. The number of rotatable bonds is 5. The normalized spacial score (nSPS) is 18.8. The Morgan fingerprint density at radius 2 is 2.57 bits per heavy atom. The summed E-state index contributed by atoms with van der Waals surface area (Å²) in [5, 5.41) is 12.1. The second kappa shape index (κ2) is 7.25. The van der Waals surface area contributed by atoms with Crippen LogP contribution >= 0.6 is 11.6 Å². The van der Waals surface area contributed by atoms with Crippen molar-refractivity contribution in [3.05, 3.63) is 22.8 Å². The topological polar surface area (TPSA) is 84.2 Å². The molecule has 0 spiro atoms. The molecule has 1 aromatic heterocycles. The van der Waals surface area contributed by atoms with E-state index in [1.807, 2.05) is 6.92 Å². The number of halogens is 1. The Labute approximate surface area is 128 Å². The van der Waals surface area contributed by atoms with E-state index in [9.17, 15) is 4.79 Å². The van der Waals surface area contributed by atoms with Crippen LogP contribution in [0.4, 0.5) is 0 Å². The Balaban J connectivity index is 2.05. The monoisotopic (exact) mass is 309 g/mol. The van der Waals surface area contributed by atoms with E-state index >= 15 is 0 Å². The zero-order valence-corrected chi connectivity index (χ0v) is 12.4. The lowest BCUT2D eigenvalue weighted by Crippen LogP contribution is -2.39. The Morgan fingerprint density at radius 1 is 1.76 bits per heavy atom. The van der Waals surface area contributed by atoms with Crippen LogP contribution in [-0.2, 0) is 4.74 Å². The van der Waals surface area contributed by atoms with Crippen molar-refractivity contribution in [3.63, 3.8) is 0 Å². The number of aromatic nitrogens is 1. The molecule has 0 unspecified atom stereocenters. The van der Waals surface area contributed by atoms with Crippen LogP contribution < -0.4 is 10.1 Å². The van der Waals surface area contributed by atoms with Gasteiger partial charge in [0.1, 0.15) is 11.1 Å². The summed E-state index contributed by atoms with van der Waals surface area (Å²) in [4.78, 5) is 16.1. The molecule has 0 aliphatic carbocycles. The van der Waals surface area contributed by atoms with E-state index in [1.165, 1.54) is 12.3 Å². The zero-order chi connectivity index (χ0) is 15.2. The Morgan fingerprint density at radius 3 is 3.14 bits per heavy atom. The van der Waals surface area contributed by atoms with Crippen LogP contribution in [0.3, 0.4) is 0 Å². The fourth-order valence-electron chi connectivity index (χ4n) is 2.09. The average Bonchev–Trinajstić information content (AvgIpc) is 3.01. The number of amides is 1. The largest absolute Gasteiger partial charge is 0.477 e. The lowest BCUT2D eigenvalue weighted by molar-refractivity contribution is 0.0930. The van der Waals surface area contributed by atoms with E-state index in [0.29, 0.717) is 25.4 Å². The minimum atomic E-state index is -0.578. The second-order valence-corrected chi connectivity index (χ2v) is 5.06. The molecule has 0 aromatic carbocycles. The maximum atomic E-state index is 12.1. The first-order valence-corrected chi connectivity index (χ1v) is 7.10. The van der Waals surface area contributed by atoms with Crippen LogP contribution in [0.25, 0.3) is 0 Å². The molecule has 0 radical (unpaired) electrons. The highest BCUT2D eigenvalue weighted by Crippen LogP contribution is 2.23. The molecule has 1 N–H and O–H groups in total. The molecule has 2 heterocycles. The summed E-state index contributed by atoms with van der Waals surface area (Å²) >= 11 is 6.00. The summed E-state index contributed by atoms with van der Waals surface area (Å²) < 4.78 is 10.4. The number of hydrogen-bond donors (Lipinski definition) is 1. The number of carbonyl (C=O) groups excluding carboxylic acids is 1. The van der Waals surface area contributed by atoms with Crippen molar-refractivity contribution in [1.82, 2.24) is 10.3 Å². The fourth-order valence-corrected chi connectivity index (χ4v) is 2.31.